The summed E-state index contributed by atoms with van der Waals surface area (Å²) < 4.78 is 10.6. The Morgan fingerprint density at radius 1 is 1.30 bits per heavy atom. The van der Waals surface area contributed by atoms with Crippen molar-refractivity contribution >= 4 is 18.1 Å². The van der Waals surface area contributed by atoms with Gasteiger partial charge in [-0.3, -0.25) is 4.79 Å². The lowest BCUT2D eigenvalue weighted by Gasteiger charge is -2.10. The molecule has 0 atom stereocenters. The number of rotatable bonds is 6. The molecule has 1 aromatic rings. The van der Waals surface area contributed by atoms with Gasteiger partial charge in [0.05, 0.1) is 12.8 Å². The number of nitrogens with zero attached hydrogens (tertiary/aromatic N) is 2. The zero-order valence-corrected chi connectivity index (χ0v) is 11.5. The molecule has 0 fully saturated rings. The van der Waals surface area contributed by atoms with Crippen molar-refractivity contribution in [1.29, 1.82) is 0 Å². The fourth-order valence-electron chi connectivity index (χ4n) is 1.31. The van der Waals surface area contributed by atoms with E-state index in [1.807, 2.05) is 6.92 Å². The number of hydrogen-bond acceptors (Lipinski definition) is 5. The summed E-state index contributed by atoms with van der Waals surface area (Å²) in [5, 5.41) is 7.19. The molecule has 20 heavy (non-hydrogen) atoms. The van der Waals surface area contributed by atoms with Crippen LogP contribution >= 0.6 is 0 Å². The summed E-state index contributed by atoms with van der Waals surface area (Å²) in [7, 11) is 0. The van der Waals surface area contributed by atoms with Crippen LogP contribution in [0.25, 0.3) is 0 Å². The Kier molecular flexibility index (Phi) is 6.02. The summed E-state index contributed by atoms with van der Waals surface area (Å²) >= 11 is 0. The third-order valence-electron chi connectivity index (χ3n) is 2.16. The van der Waals surface area contributed by atoms with E-state index in [0.29, 0.717) is 24.5 Å². The summed E-state index contributed by atoms with van der Waals surface area (Å²) in [5.74, 6) is 0.383. The first-order valence-electron chi connectivity index (χ1n) is 6.16. The largest absolute Gasteiger partial charge is 0.490 e. The average Bonchev–Trinajstić information content (AvgIpc) is 2.41. The first-order valence-corrected chi connectivity index (χ1v) is 6.16. The van der Waals surface area contributed by atoms with Crippen molar-refractivity contribution in [2.24, 2.45) is 21.7 Å². The molecule has 0 heterocycles. The molecule has 1 aromatic carbocycles. The summed E-state index contributed by atoms with van der Waals surface area (Å²) in [6.07, 6.45) is 1.76. The van der Waals surface area contributed by atoms with Crippen LogP contribution in [0.4, 0.5) is 0 Å². The first-order chi connectivity index (χ1) is 9.56. The molecule has 4 N–H and O–H groups in total. The highest BCUT2D eigenvalue weighted by Gasteiger charge is 2.09. The van der Waals surface area contributed by atoms with Gasteiger partial charge in [-0.1, -0.05) is 6.92 Å². The topological polar surface area (TPSA) is 112 Å². The molecule has 7 nitrogen and oxygen atoms in total. The van der Waals surface area contributed by atoms with E-state index in [1.54, 1.807) is 25.1 Å². The Hall–Kier alpha value is -2.57. The Morgan fingerprint density at radius 3 is 2.65 bits per heavy atom. The minimum absolute atomic E-state index is 0.125. The lowest BCUT2D eigenvalue weighted by molar-refractivity contribution is -0.134. The van der Waals surface area contributed by atoms with E-state index < -0.39 is 0 Å². The van der Waals surface area contributed by atoms with Crippen LogP contribution < -0.4 is 20.9 Å². The van der Waals surface area contributed by atoms with Gasteiger partial charge in [-0.25, -0.2) is 0 Å². The van der Waals surface area contributed by atoms with Crippen LogP contribution in [0, 0.1) is 0 Å². The van der Waals surface area contributed by atoms with E-state index in [9.17, 15) is 4.79 Å². The first kappa shape index (κ1) is 15.5. The monoisotopic (exact) mass is 278 g/mol. The maximum atomic E-state index is 11.3. The second-order valence-electron chi connectivity index (χ2n) is 3.74. The van der Waals surface area contributed by atoms with Crippen LogP contribution in [0.5, 0.6) is 11.5 Å². The highest BCUT2D eigenvalue weighted by atomic mass is 16.6. The van der Waals surface area contributed by atoms with Crippen molar-refractivity contribution < 1.29 is 14.3 Å². The standard InChI is InChI=1S/C13H18N4O3/c1-3-12(18)20-10-6-5-9(7-11(10)19-4-2)8-16-17-13(14)15/h5-8H,3-4H2,1-2H3,(H4,14,15,17). The molecule has 0 saturated heterocycles. The number of benzene rings is 1. The summed E-state index contributed by atoms with van der Waals surface area (Å²) in [6.45, 7) is 4.01. The number of hydrogen-bond donors (Lipinski definition) is 2. The van der Waals surface area contributed by atoms with Gasteiger partial charge in [0.15, 0.2) is 11.5 Å². The molecule has 0 spiro atoms. The SMILES string of the molecule is CCOc1cc(C=NN=C(N)N)ccc1OC(=O)CC. The van der Waals surface area contributed by atoms with E-state index >= 15 is 0 Å². The Labute approximate surface area is 117 Å². The second-order valence-corrected chi connectivity index (χ2v) is 3.74. The predicted octanol–water partition coefficient (Wildman–Crippen LogP) is 1.01. The van der Waals surface area contributed by atoms with Gasteiger partial charge in [0.2, 0.25) is 5.96 Å². The lowest BCUT2D eigenvalue weighted by Crippen LogP contribution is -2.21. The summed E-state index contributed by atoms with van der Waals surface area (Å²) in [5.41, 5.74) is 11.0. The van der Waals surface area contributed by atoms with E-state index in [2.05, 4.69) is 10.2 Å². The number of carbonyl (C=O) groups excluding carboxylic acids is 1. The average molecular weight is 278 g/mol. The van der Waals surface area contributed by atoms with E-state index in [1.165, 1.54) is 6.21 Å². The lowest BCUT2D eigenvalue weighted by atomic mass is 10.2. The van der Waals surface area contributed by atoms with Gasteiger partial charge < -0.3 is 20.9 Å². The maximum absolute atomic E-state index is 11.3. The molecular formula is C13H18N4O3. The van der Waals surface area contributed by atoms with Crippen molar-refractivity contribution in [3.05, 3.63) is 23.8 Å². The zero-order valence-electron chi connectivity index (χ0n) is 11.5. The van der Waals surface area contributed by atoms with E-state index in [0.717, 1.165) is 5.56 Å². The highest BCUT2D eigenvalue weighted by molar-refractivity contribution is 5.83. The van der Waals surface area contributed by atoms with Crippen LogP contribution in [0.2, 0.25) is 0 Å². The molecule has 108 valence electrons. The Bertz CT molecular complexity index is 522. The number of guanidine groups is 1. The predicted molar refractivity (Wildman–Crippen MR) is 76.9 cm³/mol. The second kappa shape index (κ2) is 7.78. The van der Waals surface area contributed by atoms with Crippen LogP contribution in [0.3, 0.4) is 0 Å². The van der Waals surface area contributed by atoms with Crippen LogP contribution in [-0.4, -0.2) is 24.8 Å². The molecule has 7 heteroatoms. The molecule has 0 aliphatic heterocycles. The number of carbonyl (C=O) groups is 1. The molecule has 0 bridgehead atoms. The minimum Gasteiger partial charge on any atom is -0.490 e. The maximum Gasteiger partial charge on any atom is 0.311 e. The van der Waals surface area contributed by atoms with Crippen LogP contribution in [0.15, 0.2) is 28.4 Å². The molecular weight excluding hydrogens is 260 g/mol. The van der Waals surface area contributed by atoms with Gasteiger partial charge in [0.25, 0.3) is 0 Å². The molecule has 0 aliphatic carbocycles. The van der Waals surface area contributed by atoms with Gasteiger partial charge in [-0.2, -0.15) is 5.10 Å². The van der Waals surface area contributed by atoms with Crippen molar-refractivity contribution in [1.82, 2.24) is 0 Å². The van der Waals surface area contributed by atoms with Crippen molar-refractivity contribution in [3.63, 3.8) is 0 Å². The van der Waals surface area contributed by atoms with Crippen molar-refractivity contribution in [3.8, 4) is 11.5 Å². The van der Waals surface area contributed by atoms with Crippen molar-refractivity contribution in [2.75, 3.05) is 6.61 Å². The molecule has 0 aromatic heterocycles. The quantitative estimate of drug-likeness (QED) is 0.265. The highest BCUT2D eigenvalue weighted by Crippen LogP contribution is 2.28. The molecule has 0 amide bonds. The van der Waals surface area contributed by atoms with Gasteiger partial charge in [-0.05, 0) is 30.7 Å². The minimum atomic E-state index is -0.326. The summed E-state index contributed by atoms with van der Waals surface area (Å²) in [4.78, 5) is 11.3. The van der Waals surface area contributed by atoms with Crippen molar-refractivity contribution in [2.45, 2.75) is 20.3 Å². The third kappa shape index (κ3) is 4.97. The Morgan fingerprint density at radius 2 is 2.05 bits per heavy atom. The molecule has 1 rings (SSSR count). The normalized spacial score (nSPS) is 10.3. The van der Waals surface area contributed by atoms with Gasteiger partial charge in [0.1, 0.15) is 0 Å². The fraction of sp³-hybridized carbons (Fsp3) is 0.308. The van der Waals surface area contributed by atoms with Gasteiger partial charge in [0, 0.05) is 6.42 Å². The molecule has 0 aliphatic rings. The Balaban J connectivity index is 2.97. The van der Waals surface area contributed by atoms with E-state index in [4.69, 9.17) is 20.9 Å². The fourth-order valence-corrected chi connectivity index (χ4v) is 1.31. The van der Waals surface area contributed by atoms with Gasteiger partial charge >= 0.3 is 5.97 Å². The molecule has 0 saturated carbocycles. The van der Waals surface area contributed by atoms with E-state index in [-0.39, 0.29) is 11.9 Å². The van der Waals surface area contributed by atoms with Gasteiger partial charge in [-0.15, -0.1) is 5.10 Å². The molecule has 0 unspecified atom stereocenters. The third-order valence-corrected chi connectivity index (χ3v) is 2.16. The summed E-state index contributed by atoms with van der Waals surface area (Å²) in [6, 6.07) is 5.04. The molecule has 0 radical (unpaired) electrons. The number of ether oxygens (including phenoxy) is 2. The van der Waals surface area contributed by atoms with Crippen LogP contribution in [0.1, 0.15) is 25.8 Å². The smallest absolute Gasteiger partial charge is 0.311 e. The number of nitrogens with two attached hydrogens (primary N) is 2. The van der Waals surface area contributed by atoms with Crippen LogP contribution in [-0.2, 0) is 4.79 Å². The zero-order chi connectivity index (χ0) is 15.0. The number of esters is 1.